The summed E-state index contributed by atoms with van der Waals surface area (Å²) in [5.74, 6) is -0.265. The molecule has 2 aromatic heterocycles. The van der Waals surface area contributed by atoms with E-state index in [2.05, 4.69) is 10.1 Å². The zero-order valence-corrected chi connectivity index (χ0v) is 16.3. The molecule has 2 aromatic carbocycles. The van der Waals surface area contributed by atoms with Gasteiger partial charge in [-0.2, -0.15) is 36.6 Å². The van der Waals surface area contributed by atoms with Crippen LogP contribution in [0.25, 0.3) is 22.4 Å². The Kier molecular flexibility index (Phi) is 5.13. The molecule has 0 aliphatic heterocycles. The van der Waals surface area contributed by atoms with Gasteiger partial charge in [0.2, 0.25) is 0 Å². The molecule has 0 unspecified atom stereocenters. The molecule has 164 valence electrons. The number of fused-ring (bicyclic) bond motifs is 1. The number of halogens is 7. The molecule has 32 heavy (non-hydrogen) atoms. The molecular formula is C20H9ClF6N4O. The second-order valence-corrected chi connectivity index (χ2v) is 7.03. The molecule has 2 heterocycles. The van der Waals surface area contributed by atoms with Gasteiger partial charge in [0.25, 0.3) is 5.89 Å². The summed E-state index contributed by atoms with van der Waals surface area (Å²) in [6.45, 7) is -0.132. The van der Waals surface area contributed by atoms with Crippen LogP contribution < -0.4 is 0 Å². The van der Waals surface area contributed by atoms with Crippen molar-refractivity contribution < 1.29 is 30.9 Å². The largest absolute Gasteiger partial charge is 0.418 e. The molecule has 0 radical (unpaired) electrons. The van der Waals surface area contributed by atoms with Crippen LogP contribution in [0.3, 0.4) is 0 Å². The van der Waals surface area contributed by atoms with Crippen LogP contribution in [0.5, 0.6) is 0 Å². The second kappa shape index (κ2) is 7.56. The highest BCUT2D eigenvalue weighted by Gasteiger charge is 2.36. The van der Waals surface area contributed by atoms with Gasteiger partial charge in [-0.1, -0.05) is 22.8 Å². The lowest BCUT2D eigenvalue weighted by molar-refractivity contribution is -0.137. The summed E-state index contributed by atoms with van der Waals surface area (Å²) >= 11 is 5.86. The number of alkyl halides is 6. The molecule has 5 nitrogen and oxygen atoms in total. The molecule has 0 atom stereocenters. The van der Waals surface area contributed by atoms with Crippen LogP contribution in [-0.4, -0.2) is 14.7 Å². The first-order chi connectivity index (χ1) is 15.0. The zero-order valence-electron chi connectivity index (χ0n) is 15.6. The Morgan fingerprint density at radius 1 is 1.03 bits per heavy atom. The highest BCUT2D eigenvalue weighted by atomic mass is 35.5. The molecule has 0 aliphatic carbocycles. The van der Waals surface area contributed by atoms with E-state index in [4.69, 9.17) is 21.4 Å². The van der Waals surface area contributed by atoms with E-state index in [0.29, 0.717) is 0 Å². The van der Waals surface area contributed by atoms with Gasteiger partial charge in [0.1, 0.15) is 0 Å². The van der Waals surface area contributed by atoms with Crippen LogP contribution in [0, 0.1) is 11.3 Å². The molecule has 0 spiro atoms. The Hall–Kier alpha value is -3.52. The minimum Gasteiger partial charge on any atom is -0.340 e. The first-order valence-corrected chi connectivity index (χ1v) is 9.16. The van der Waals surface area contributed by atoms with Gasteiger partial charge >= 0.3 is 12.4 Å². The van der Waals surface area contributed by atoms with E-state index in [0.717, 1.165) is 18.2 Å². The topological polar surface area (TPSA) is 67.6 Å². The number of nitriles is 1. The predicted molar refractivity (Wildman–Crippen MR) is 101 cm³/mol. The fraction of sp³-hybridized carbons (Fsp3) is 0.150. The van der Waals surface area contributed by atoms with Crippen LogP contribution in [0.1, 0.15) is 22.5 Å². The van der Waals surface area contributed by atoms with Gasteiger partial charge in [-0.3, -0.25) is 0 Å². The van der Waals surface area contributed by atoms with E-state index in [-0.39, 0.29) is 34.7 Å². The fourth-order valence-corrected chi connectivity index (χ4v) is 3.62. The second-order valence-electron chi connectivity index (χ2n) is 6.65. The minimum atomic E-state index is -4.74. The fourth-order valence-electron chi connectivity index (χ4n) is 3.30. The van der Waals surface area contributed by atoms with Gasteiger partial charge < -0.3 is 9.09 Å². The first-order valence-electron chi connectivity index (χ1n) is 8.78. The molecule has 0 bridgehead atoms. The Morgan fingerprint density at radius 2 is 1.78 bits per heavy atom. The van der Waals surface area contributed by atoms with E-state index < -0.39 is 34.1 Å². The predicted octanol–water partition coefficient (Wildman–Crippen LogP) is 6.30. The Balaban J connectivity index is 1.71. The van der Waals surface area contributed by atoms with Crippen molar-refractivity contribution in [3.8, 4) is 17.5 Å². The first kappa shape index (κ1) is 21.7. The molecule has 0 amide bonds. The number of hydrogen-bond acceptors (Lipinski definition) is 4. The van der Waals surface area contributed by atoms with E-state index >= 15 is 0 Å². The lowest BCUT2D eigenvalue weighted by Crippen LogP contribution is -2.09. The van der Waals surface area contributed by atoms with Crippen LogP contribution in [0.2, 0.25) is 5.02 Å². The lowest BCUT2D eigenvalue weighted by atomic mass is 10.0. The maximum Gasteiger partial charge on any atom is 0.418 e. The standard InChI is InChI=1S/C20H9ClF6N4O/c21-17-12(2-1-3-13(17)19(22,23)24)18-29-15(30-32-18)9-31-7-6-11-14(31)5-4-10(8-28)16(11)20(25,26)27/h1-7H,9H2. The maximum atomic E-state index is 13.5. The van der Waals surface area contributed by atoms with Crippen molar-refractivity contribution in [3.63, 3.8) is 0 Å². The average Bonchev–Trinajstić information content (AvgIpc) is 3.33. The SMILES string of the molecule is N#Cc1ccc2c(ccn2Cc2noc(-c3cccc(C(F)(F)F)c3Cl)n2)c1C(F)(F)F. The molecule has 0 saturated carbocycles. The molecule has 0 aliphatic rings. The van der Waals surface area contributed by atoms with Crippen molar-refractivity contribution in [1.29, 1.82) is 5.26 Å². The molecule has 4 rings (SSSR count). The van der Waals surface area contributed by atoms with Crippen LogP contribution in [-0.2, 0) is 18.9 Å². The van der Waals surface area contributed by atoms with Crippen molar-refractivity contribution >= 4 is 22.5 Å². The third-order valence-electron chi connectivity index (χ3n) is 4.67. The monoisotopic (exact) mass is 470 g/mol. The maximum absolute atomic E-state index is 13.5. The quantitative estimate of drug-likeness (QED) is 0.329. The third kappa shape index (κ3) is 3.78. The summed E-state index contributed by atoms with van der Waals surface area (Å²) in [4.78, 5) is 4.03. The van der Waals surface area contributed by atoms with Gasteiger partial charge in [-0.25, -0.2) is 0 Å². The smallest absolute Gasteiger partial charge is 0.340 e. The van der Waals surface area contributed by atoms with Crippen molar-refractivity contribution in [2.75, 3.05) is 0 Å². The van der Waals surface area contributed by atoms with Gasteiger partial charge in [0.15, 0.2) is 5.82 Å². The van der Waals surface area contributed by atoms with Gasteiger partial charge in [0.05, 0.1) is 39.9 Å². The number of benzene rings is 2. The van der Waals surface area contributed by atoms with Crippen LogP contribution in [0.15, 0.2) is 47.1 Å². The summed E-state index contributed by atoms with van der Waals surface area (Å²) in [5.41, 5.74) is -2.60. The van der Waals surface area contributed by atoms with E-state index in [9.17, 15) is 26.3 Å². The van der Waals surface area contributed by atoms with E-state index in [1.54, 1.807) is 0 Å². The molecular weight excluding hydrogens is 462 g/mol. The summed E-state index contributed by atoms with van der Waals surface area (Å²) in [5, 5.41) is 11.9. The Morgan fingerprint density at radius 3 is 2.44 bits per heavy atom. The van der Waals surface area contributed by atoms with Crippen molar-refractivity contribution in [3.05, 3.63) is 70.1 Å². The normalized spacial score (nSPS) is 12.3. The molecule has 0 fully saturated rings. The Labute approximate surface area is 180 Å². The number of hydrogen-bond donors (Lipinski definition) is 0. The highest BCUT2D eigenvalue weighted by molar-refractivity contribution is 6.34. The van der Waals surface area contributed by atoms with Crippen LogP contribution in [0.4, 0.5) is 26.3 Å². The van der Waals surface area contributed by atoms with Crippen molar-refractivity contribution in [2.45, 2.75) is 18.9 Å². The van der Waals surface area contributed by atoms with Crippen molar-refractivity contribution in [1.82, 2.24) is 14.7 Å². The van der Waals surface area contributed by atoms with Gasteiger partial charge in [-0.15, -0.1) is 0 Å². The summed E-state index contributed by atoms with van der Waals surface area (Å²) in [7, 11) is 0. The van der Waals surface area contributed by atoms with E-state index in [1.165, 1.54) is 35.0 Å². The Bertz CT molecular complexity index is 1360. The number of nitrogens with zero attached hydrogens (tertiary/aromatic N) is 4. The zero-order chi connectivity index (χ0) is 23.3. The van der Waals surface area contributed by atoms with Gasteiger partial charge in [-0.05, 0) is 30.3 Å². The van der Waals surface area contributed by atoms with E-state index in [1.807, 2.05) is 0 Å². The molecule has 0 N–H and O–H groups in total. The minimum absolute atomic E-state index is 0.00361. The van der Waals surface area contributed by atoms with Crippen LogP contribution >= 0.6 is 11.6 Å². The molecule has 4 aromatic rings. The molecule has 12 heteroatoms. The summed E-state index contributed by atoms with van der Waals surface area (Å²) in [6.07, 6.45) is -8.07. The highest BCUT2D eigenvalue weighted by Crippen LogP contribution is 2.40. The molecule has 0 saturated heterocycles. The van der Waals surface area contributed by atoms with Crippen molar-refractivity contribution in [2.24, 2.45) is 0 Å². The third-order valence-corrected chi connectivity index (χ3v) is 5.08. The number of rotatable bonds is 3. The summed E-state index contributed by atoms with van der Waals surface area (Å²) < 4.78 is 86.0. The van der Waals surface area contributed by atoms with Gasteiger partial charge in [0, 0.05) is 17.1 Å². The lowest BCUT2D eigenvalue weighted by Gasteiger charge is -2.11. The average molecular weight is 471 g/mol. The number of aromatic nitrogens is 3. The summed E-state index contributed by atoms with van der Waals surface area (Å²) in [6, 6.07) is 8.38.